The summed E-state index contributed by atoms with van der Waals surface area (Å²) < 4.78 is 22.4. The molecule has 1 fully saturated rings. The van der Waals surface area contributed by atoms with Crippen molar-refractivity contribution in [2.45, 2.75) is 39.0 Å². The molecule has 0 bridgehead atoms. The molecule has 0 aliphatic carbocycles. The van der Waals surface area contributed by atoms with Crippen LogP contribution < -0.4 is 20.1 Å². The van der Waals surface area contributed by atoms with E-state index in [0.29, 0.717) is 37.6 Å². The molecule has 8 heteroatoms. The zero-order chi connectivity index (χ0) is 21.9. The third-order valence-electron chi connectivity index (χ3n) is 5.06. The molecule has 1 heterocycles. The maximum atomic E-state index is 6.04. The average Bonchev–Trinajstić information content (AvgIpc) is 2.82. The van der Waals surface area contributed by atoms with Crippen molar-refractivity contribution >= 4 is 35.6 Å². The largest absolute Gasteiger partial charge is 0.493 e. The monoisotopic (exact) mass is 555 g/mol. The van der Waals surface area contributed by atoms with Crippen LogP contribution in [0.5, 0.6) is 11.5 Å². The second-order valence-electron chi connectivity index (χ2n) is 7.29. The van der Waals surface area contributed by atoms with E-state index >= 15 is 0 Å². The van der Waals surface area contributed by atoms with E-state index < -0.39 is 0 Å². The second kappa shape index (κ2) is 14.2. The average molecular weight is 555 g/mol. The van der Waals surface area contributed by atoms with Crippen LogP contribution in [0.1, 0.15) is 30.9 Å². The van der Waals surface area contributed by atoms with Gasteiger partial charge in [-0.2, -0.15) is 0 Å². The molecule has 0 unspecified atom stereocenters. The molecule has 0 amide bonds. The molecule has 1 saturated heterocycles. The molecular weight excluding hydrogens is 521 g/mol. The molecule has 0 spiro atoms. The van der Waals surface area contributed by atoms with Crippen LogP contribution in [-0.4, -0.2) is 46.0 Å². The van der Waals surface area contributed by atoms with Crippen molar-refractivity contribution < 1.29 is 18.9 Å². The third kappa shape index (κ3) is 8.14. The SMILES string of the molecule is CCOc1ccc(NC(=NC)NCc2cccc(COC3CCOCC3)c2)cc1OC.I. The van der Waals surface area contributed by atoms with Crippen molar-refractivity contribution in [3.05, 3.63) is 53.6 Å². The highest BCUT2D eigenvalue weighted by atomic mass is 127. The molecule has 2 N–H and O–H groups in total. The Morgan fingerprint density at radius 1 is 1.09 bits per heavy atom. The smallest absolute Gasteiger partial charge is 0.195 e. The van der Waals surface area contributed by atoms with Gasteiger partial charge in [-0.05, 0) is 43.0 Å². The number of rotatable bonds is 9. The quantitative estimate of drug-likeness (QED) is 0.268. The van der Waals surface area contributed by atoms with Gasteiger partial charge in [0.1, 0.15) is 0 Å². The summed E-state index contributed by atoms with van der Waals surface area (Å²) >= 11 is 0. The first-order valence-electron chi connectivity index (χ1n) is 10.8. The number of guanidine groups is 1. The summed E-state index contributed by atoms with van der Waals surface area (Å²) in [5, 5.41) is 6.65. The molecule has 1 aliphatic heterocycles. The molecule has 32 heavy (non-hydrogen) atoms. The van der Waals surface area contributed by atoms with Gasteiger partial charge in [0.05, 0.1) is 26.4 Å². The Morgan fingerprint density at radius 3 is 2.59 bits per heavy atom. The lowest BCUT2D eigenvalue weighted by Crippen LogP contribution is -2.30. The highest BCUT2D eigenvalue weighted by Crippen LogP contribution is 2.30. The number of halogens is 1. The first kappa shape index (κ1) is 26.2. The van der Waals surface area contributed by atoms with Gasteiger partial charge in [-0.15, -0.1) is 24.0 Å². The lowest BCUT2D eigenvalue weighted by Gasteiger charge is -2.22. The molecule has 2 aromatic rings. The van der Waals surface area contributed by atoms with Gasteiger partial charge in [-0.3, -0.25) is 4.99 Å². The highest BCUT2D eigenvalue weighted by Gasteiger charge is 2.14. The number of hydrogen-bond donors (Lipinski definition) is 2. The Balaban J connectivity index is 0.00000363. The number of ether oxygens (including phenoxy) is 4. The molecule has 0 radical (unpaired) electrons. The van der Waals surface area contributed by atoms with Crippen LogP contribution in [0.3, 0.4) is 0 Å². The van der Waals surface area contributed by atoms with Crippen LogP contribution in [0.2, 0.25) is 0 Å². The van der Waals surface area contributed by atoms with Gasteiger partial charge < -0.3 is 29.6 Å². The van der Waals surface area contributed by atoms with Crippen molar-refractivity contribution in [3.8, 4) is 11.5 Å². The minimum atomic E-state index is 0. The summed E-state index contributed by atoms with van der Waals surface area (Å²) in [7, 11) is 3.38. The summed E-state index contributed by atoms with van der Waals surface area (Å²) in [6.07, 6.45) is 2.24. The number of benzene rings is 2. The predicted octanol–water partition coefficient (Wildman–Crippen LogP) is 4.60. The van der Waals surface area contributed by atoms with E-state index in [1.54, 1.807) is 14.2 Å². The summed E-state index contributed by atoms with van der Waals surface area (Å²) in [5.41, 5.74) is 3.21. The zero-order valence-corrected chi connectivity index (χ0v) is 21.4. The number of hydrogen-bond acceptors (Lipinski definition) is 5. The molecule has 1 aliphatic rings. The Hall–Kier alpha value is -2.04. The molecule has 0 atom stereocenters. The summed E-state index contributed by atoms with van der Waals surface area (Å²) in [4.78, 5) is 4.32. The molecule has 2 aromatic carbocycles. The Bertz CT molecular complexity index is 857. The van der Waals surface area contributed by atoms with Crippen LogP contribution in [0.15, 0.2) is 47.5 Å². The summed E-state index contributed by atoms with van der Waals surface area (Å²) in [5.74, 6) is 2.08. The fourth-order valence-electron chi connectivity index (χ4n) is 3.41. The Kier molecular flexibility index (Phi) is 11.6. The molecule has 3 rings (SSSR count). The van der Waals surface area contributed by atoms with Gasteiger partial charge in [0.2, 0.25) is 0 Å². The number of aliphatic imine (C=N–C) groups is 1. The number of methoxy groups -OCH3 is 1. The molecular formula is C24H34IN3O4. The van der Waals surface area contributed by atoms with E-state index in [0.717, 1.165) is 37.5 Å². The van der Waals surface area contributed by atoms with Gasteiger partial charge >= 0.3 is 0 Å². The Morgan fingerprint density at radius 2 is 1.88 bits per heavy atom. The second-order valence-corrected chi connectivity index (χ2v) is 7.29. The van der Waals surface area contributed by atoms with Crippen LogP contribution in [0.25, 0.3) is 0 Å². The molecule has 176 valence electrons. The number of nitrogens with one attached hydrogen (secondary N) is 2. The lowest BCUT2D eigenvalue weighted by atomic mass is 10.1. The minimum Gasteiger partial charge on any atom is -0.493 e. The number of nitrogens with zero attached hydrogens (tertiary/aromatic N) is 1. The van der Waals surface area contributed by atoms with Gasteiger partial charge in [-0.25, -0.2) is 0 Å². The topological polar surface area (TPSA) is 73.3 Å². The van der Waals surface area contributed by atoms with Crippen LogP contribution in [-0.2, 0) is 22.6 Å². The van der Waals surface area contributed by atoms with E-state index in [-0.39, 0.29) is 24.0 Å². The van der Waals surface area contributed by atoms with Crippen LogP contribution >= 0.6 is 24.0 Å². The maximum absolute atomic E-state index is 6.04. The zero-order valence-electron chi connectivity index (χ0n) is 19.1. The van der Waals surface area contributed by atoms with Gasteiger partial charge in [0.15, 0.2) is 17.5 Å². The van der Waals surface area contributed by atoms with Crippen molar-refractivity contribution in [2.24, 2.45) is 4.99 Å². The van der Waals surface area contributed by atoms with Crippen molar-refractivity contribution in [2.75, 3.05) is 39.3 Å². The fourth-order valence-corrected chi connectivity index (χ4v) is 3.41. The maximum Gasteiger partial charge on any atom is 0.195 e. The van der Waals surface area contributed by atoms with Crippen LogP contribution in [0, 0.1) is 0 Å². The van der Waals surface area contributed by atoms with E-state index in [4.69, 9.17) is 18.9 Å². The van der Waals surface area contributed by atoms with Crippen molar-refractivity contribution in [3.63, 3.8) is 0 Å². The van der Waals surface area contributed by atoms with Crippen molar-refractivity contribution in [1.29, 1.82) is 0 Å². The van der Waals surface area contributed by atoms with E-state index in [9.17, 15) is 0 Å². The normalized spacial score (nSPS) is 14.4. The highest BCUT2D eigenvalue weighted by molar-refractivity contribution is 14.0. The predicted molar refractivity (Wildman–Crippen MR) is 138 cm³/mol. The van der Waals surface area contributed by atoms with Crippen molar-refractivity contribution in [1.82, 2.24) is 5.32 Å². The first-order chi connectivity index (χ1) is 15.2. The fraction of sp³-hybridized carbons (Fsp3) is 0.458. The van der Waals surface area contributed by atoms with E-state index in [1.165, 1.54) is 11.1 Å². The van der Waals surface area contributed by atoms with Gasteiger partial charge in [0, 0.05) is 38.6 Å². The standard InChI is InChI=1S/C24H33N3O4.HI/c1-4-30-22-9-8-20(15-23(22)28-3)27-24(25-2)26-16-18-6-5-7-19(14-18)17-31-21-10-12-29-13-11-21;/h5-9,14-15,21H,4,10-13,16-17H2,1-3H3,(H2,25,26,27);1H. The first-order valence-corrected chi connectivity index (χ1v) is 10.8. The number of anilines is 1. The molecule has 0 saturated carbocycles. The summed E-state index contributed by atoms with van der Waals surface area (Å²) in [6, 6.07) is 14.1. The van der Waals surface area contributed by atoms with Crippen LogP contribution in [0.4, 0.5) is 5.69 Å². The molecule has 7 nitrogen and oxygen atoms in total. The van der Waals surface area contributed by atoms with Gasteiger partial charge in [-0.1, -0.05) is 24.3 Å². The minimum absolute atomic E-state index is 0. The third-order valence-corrected chi connectivity index (χ3v) is 5.06. The van der Waals surface area contributed by atoms with E-state index in [2.05, 4.69) is 39.9 Å². The summed E-state index contributed by atoms with van der Waals surface area (Å²) in [6.45, 7) is 5.40. The van der Waals surface area contributed by atoms with Gasteiger partial charge in [0.25, 0.3) is 0 Å². The Labute approximate surface area is 207 Å². The van der Waals surface area contributed by atoms with E-state index in [1.807, 2.05) is 25.1 Å². The molecule has 0 aromatic heterocycles. The lowest BCUT2D eigenvalue weighted by molar-refractivity contribution is -0.0390.